The fourth-order valence-electron chi connectivity index (χ4n) is 3.00. The van der Waals surface area contributed by atoms with E-state index in [-0.39, 0.29) is 12.4 Å². The van der Waals surface area contributed by atoms with Gasteiger partial charge in [-0.1, -0.05) is 19.9 Å². The Labute approximate surface area is 135 Å². The van der Waals surface area contributed by atoms with Crippen LogP contribution in [0.15, 0.2) is 18.2 Å². The van der Waals surface area contributed by atoms with Crippen molar-refractivity contribution < 1.29 is 19.1 Å². The number of carboxylic acid groups (broad SMARTS) is 1. The van der Waals surface area contributed by atoms with Crippen molar-refractivity contribution in [2.45, 2.75) is 33.4 Å². The van der Waals surface area contributed by atoms with Crippen LogP contribution in [-0.2, 0) is 22.7 Å². The Morgan fingerprint density at radius 3 is 2.43 bits per heavy atom. The van der Waals surface area contributed by atoms with Crippen molar-refractivity contribution in [3.05, 3.63) is 35.1 Å². The van der Waals surface area contributed by atoms with E-state index in [9.17, 15) is 19.1 Å². The smallest absolute Gasteiger partial charge is 0.319 e. The van der Waals surface area contributed by atoms with Crippen molar-refractivity contribution in [1.82, 2.24) is 10.2 Å². The average molecular weight is 322 g/mol. The first-order chi connectivity index (χ1) is 10.6. The molecule has 0 aliphatic heterocycles. The van der Waals surface area contributed by atoms with Crippen molar-refractivity contribution in [3.63, 3.8) is 0 Å². The number of carbonyl (C=O) groups excluding carboxylic acids is 1. The summed E-state index contributed by atoms with van der Waals surface area (Å²) >= 11 is 0. The Bertz CT molecular complexity index is 643. The molecule has 1 fully saturated rings. The number of halogens is 1. The summed E-state index contributed by atoms with van der Waals surface area (Å²) < 4.78 is 13.7. The van der Waals surface area contributed by atoms with E-state index in [1.54, 1.807) is 26.0 Å². The third kappa shape index (κ3) is 3.22. The lowest BCUT2D eigenvalue weighted by Gasteiger charge is -2.16. The van der Waals surface area contributed by atoms with Crippen LogP contribution in [0.1, 0.15) is 31.4 Å². The van der Waals surface area contributed by atoms with E-state index in [4.69, 9.17) is 0 Å². The molecule has 5 nitrogen and oxygen atoms in total. The number of benzene rings is 1. The summed E-state index contributed by atoms with van der Waals surface area (Å²) in [7, 11) is 3.69. The van der Waals surface area contributed by atoms with Gasteiger partial charge in [-0.25, -0.2) is 4.39 Å². The van der Waals surface area contributed by atoms with Gasteiger partial charge in [0.05, 0.1) is 0 Å². The van der Waals surface area contributed by atoms with Crippen LogP contribution >= 0.6 is 0 Å². The summed E-state index contributed by atoms with van der Waals surface area (Å²) in [6.45, 7) is 4.19. The van der Waals surface area contributed by atoms with Crippen LogP contribution in [0.5, 0.6) is 0 Å². The third-order valence-electron chi connectivity index (χ3n) is 4.54. The molecule has 0 radical (unpaired) electrons. The molecule has 0 saturated heterocycles. The number of aliphatic carboxylic acids is 1. The van der Waals surface area contributed by atoms with Gasteiger partial charge in [-0.3, -0.25) is 9.59 Å². The Morgan fingerprint density at radius 1 is 1.35 bits per heavy atom. The average Bonchev–Trinajstić information content (AvgIpc) is 3.03. The number of rotatable bonds is 6. The Kier molecular flexibility index (Phi) is 4.48. The summed E-state index contributed by atoms with van der Waals surface area (Å²) in [6, 6.07) is 4.66. The molecule has 1 amide bonds. The van der Waals surface area contributed by atoms with E-state index in [2.05, 4.69) is 5.32 Å². The molecule has 0 bridgehead atoms. The first-order valence-corrected chi connectivity index (χ1v) is 7.54. The molecule has 1 aliphatic carbocycles. The van der Waals surface area contributed by atoms with Crippen LogP contribution in [0.25, 0.3) is 0 Å². The number of amides is 1. The van der Waals surface area contributed by atoms with Crippen LogP contribution in [0.3, 0.4) is 0 Å². The van der Waals surface area contributed by atoms with E-state index in [1.807, 2.05) is 19.0 Å². The van der Waals surface area contributed by atoms with E-state index in [0.717, 1.165) is 5.56 Å². The molecule has 23 heavy (non-hydrogen) atoms. The van der Waals surface area contributed by atoms with Crippen molar-refractivity contribution in [2.24, 2.45) is 10.8 Å². The molecule has 0 spiro atoms. The van der Waals surface area contributed by atoms with Crippen LogP contribution < -0.4 is 5.32 Å². The van der Waals surface area contributed by atoms with E-state index in [0.29, 0.717) is 18.5 Å². The maximum Gasteiger partial charge on any atom is 0.319 e. The number of carbonyl (C=O) groups is 2. The highest BCUT2D eigenvalue weighted by molar-refractivity contribution is 6.06. The number of hydrogen-bond acceptors (Lipinski definition) is 3. The summed E-state index contributed by atoms with van der Waals surface area (Å²) in [5.74, 6) is -1.86. The largest absolute Gasteiger partial charge is 0.480 e. The third-order valence-corrected chi connectivity index (χ3v) is 4.54. The molecule has 2 N–H and O–H groups in total. The zero-order valence-electron chi connectivity index (χ0n) is 13.9. The van der Waals surface area contributed by atoms with Gasteiger partial charge >= 0.3 is 5.97 Å². The lowest BCUT2D eigenvalue weighted by atomic mass is 9.95. The summed E-state index contributed by atoms with van der Waals surface area (Å²) in [5, 5.41) is 12.1. The van der Waals surface area contributed by atoms with Crippen LogP contribution in [0.4, 0.5) is 4.39 Å². The normalized spacial score (nSPS) is 22.0. The molecule has 1 aromatic carbocycles. The summed E-state index contributed by atoms with van der Waals surface area (Å²) in [5.41, 5.74) is -0.599. The van der Waals surface area contributed by atoms with E-state index >= 15 is 0 Å². The van der Waals surface area contributed by atoms with Crippen molar-refractivity contribution in [3.8, 4) is 0 Å². The highest BCUT2D eigenvalue weighted by atomic mass is 19.1. The number of nitrogens with one attached hydrogen (secondary N) is 1. The van der Waals surface area contributed by atoms with Gasteiger partial charge in [0.15, 0.2) is 5.41 Å². The molecular weight excluding hydrogens is 299 g/mol. The van der Waals surface area contributed by atoms with Gasteiger partial charge in [0.25, 0.3) is 0 Å². The molecule has 1 saturated carbocycles. The molecule has 1 unspecified atom stereocenters. The predicted molar refractivity (Wildman–Crippen MR) is 84.1 cm³/mol. The Morgan fingerprint density at radius 2 is 1.96 bits per heavy atom. The molecular formula is C17H23FN2O3. The van der Waals surface area contributed by atoms with Gasteiger partial charge in [0.1, 0.15) is 5.82 Å². The number of carboxylic acids is 1. The molecule has 1 aliphatic rings. The quantitative estimate of drug-likeness (QED) is 0.786. The second-order valence-corrected chi connectivity index (χ2v) is 7.12. The first-order valence-electron chi connectivity index (χ1n) is 7.54. The Balaban J connectivity index is 2.07. The second-order valence-electron chi connectivity index (χ2n) is 7.12. The highest BCUT2D eigenvalue weighted by Crippen LogP contribution is 2.63. The highest BCUT2D eigenvalue weighted by Gasteiger charge is 2.71. The minimum absolute atomic E-state index is 0.185. The summed E-state index contributed by atoms with van der Waals surface area (Å²) in [4.78, 5) is 25.6. The lowest BCUT2D eigenvalue weighted by Crippen LogP contribution is -2.39. The molecule has 0 aromatic heterocycles. The maximum atomic E-state index is 13.7. The van der Waals surface area contributed by atoms with Crippen LogP contribution in [-0.4, -0.2) is 36.0 Å². The predicted octanol–water partition coefficient (Wildman–Crippen LogP) is 2.00. The van der Waals surface area contributed by atoms with Gasteiger partial charge in [-0.05, 0) is 43.6 Å². The Hall–Kier alpha value is -1.95. The van der Waals surface area contributed by atoms with Gasteiger partial charge < -0.3 is 15.3 Å². The number of hydrogen-bond donors (Lipinski definition) is 2. The molecule has 126 valence electrons. The fraction of sp³-hybridized carbons (Fsp3) is 0.529. The SMILES string of the molecule is CN(C)Cc1cc(CNC(=O)C2(C(=O)O)CC2(C)C)ccc1F. The zero-order valence-corrected chi connectivity index (χ0v) is 13.9. The van der Waals surface area contributed by atoms with Crippen LogP contribution in [0, 0.1) is 16.6 Å². The fourth-order valence-corrected chi connectivity index (χ4v) is 3.00. The van der Waals surface area contributed by atoms with Crippen molar-refractivity contribution >= 4 is 11.9 Å². The zero-order chi connectivity index (χ0) is 17.4. The van der Waals surface area contributed by atoms with Crippen molar-refractivity contribution in [2.75, 3.05) is 14.1 Å². The maximum absolute atomic E-state index is 13.7. The van der Waals surface area contributed by atoms with Gasteiger partial charge in [-0.2, -0.15) is 0 Å². The molecule has 6 heteroatoms. The lowest BCUT2D eigenvalue weighted by molar-refractivity contribution is -0.150. The van der Waals surface area contributed by atoms with E-state index < -0.39 is 22.7 Å². The minimum Gasteiger partial charge on any atom is -0.480 e. The second kappa shape index (κ2) is 5.92. The topological polar surface area (TPSA) is 69.6 Å². The molecule has 1 aromatic rings. The van der Waals surface area contributed by atoms with Crippen LogP contribution in [0.2, 0.25) is 0 Å². The molecule has 1 atom stereocenters. The molecule has 2 rings (SSSR count). The summed E-state index contributed by atoms with van der Waals surface area (Å²) in [6.07, 6.45) is 0.330. The minimum atomic E-state index is -1.35. The van der Waals surface area contributed by atoms with Gasteiger partial charge in [0, 0.05) is 18.7 Å². The van der Waals surface area contributed by atoms with E-state index in [1.165, 1.54) is 6.07 Å². The first kappa shape index (κ1) is 17.4. The standard InChI is InChI=1S/C17H23FN2O3/c1-16(2)10-17(16,15(22)23)14(21)19-8-11-5-6-13(18)12(7-11)9-20(3)4/h5-7H,8-10H2,1-4H3,(H,19,21)(H,22,23). The monoisotopic (exact) mass is 322 g/mol. The molecule has 0 heterocycles. The van der Waals surface area contributed by atoms with Gasteiger partial charge in [0.2, 0.25) is 5.91 Å². The van der Waals surface area contributed by atoms with Gasteiger partial charge in [-0.15, -0.1) is 0 Å². The van der Waals surface area contributed by atoms with Crippen molar-refractivity contribution in [1.29, 1.82) is 0 Å². The number of nitrogens with zero attached hydrogens (tertiary/aromatic N) is 1.